The minimum absolute atomic E-state index is 0.123. The van der Waals surface area contributed by atoms with Crippen molar-refractivity contribution in [1.29, 1.82) is 5.26 Å². The predicted octanol–water partition coefficient (Wildman–Crippen LogP) is 2.73. The third kappa shape index (κ3) is 2.23. The van der Waals surface area contributed by atoms with E-state index in [9.17, 15) is 4.39 Å². The molecule has 16 heavy (non-hydrogen) atoms. The van der Waals surface area contributed by atoms with Gasteiger partial charge in [-0.15, -0.1) is 0 Å². The Labute approximate surface area is 95.1 Å². The lowest BCUT2D eigenvalue weighted by Gasteiger charge is -2.39. The maximum Gasteiger partial charge on any atom is 0.140 e. The Morgan fingerprint density at radius 1 is 1.50 bits per heavy atom. The van der Waals surface area contributed by atoms with Crippen LogP contribution in [0.5, 0.6) is 0 Å². The molecule has 0 heterocycles. The lowest BCUT2D eigenvalue weighted by Crippen LogP contribution is -2.47. The average molecular weight is 218 g/mol. The molecule has 0 spiro atoms. The van der Waals surface area contributed by atoms with Crippen molar-refractivity contribution in [1.82, 2.24) is 5.32 Å². The quantitative estimate of drug-likeness (QED) is 0.846. The van der Waals surface area contributed by atoms with Gasteiger partial charge in [0.1, 0.15) is 11.9 Å². The lowest BCUT2D eigenvalue weighted by atomic mass is 9.78. The molecule has 1 aromatic carbocycles. The number of rotatable bonds is 3. The van der Waals surface area contributed by atoms with Crippen molar-refractivity contribution in [2.75, 3.05) is 0 Å². The van der Waals surface area contributed by atoms with Crippen LogP contribution in [-0.4, -0.2) is 5.54 Å². The Morgan fingerprint density at radius 2 is 2.25 bits per heavy atom. The van der Waals surface area contributed by atoms with Crippen molar-refractivity contribution in [2.24, 2.45) is 0 Å². The summed E-state index contributed by atoms with van der Waals surface area (Å²) in [6, 6.07) is 6.56. The molecule has 3 heteroatoms. The molecule has 2 rings (SSSR count). The summed E-state index contributed by atoms with van der Waals surface area (Å²) < 4.78 is 13.1. The van der Waals surface area contributed by atoms with E-state index in [-0.39, 0.29) is 11.1 Å². The molecule has 0 saturated heterocycles. The largest absolute Gasteiger partial charge is 0.307 e. The van der Waals surface area contributed by atoms with Crippen molar-refractivity contribution >= 4 is 0 Å². The Bertz CT molecular complexity index is 430. The van der Waals surface area contributed by atoms with Gasteiger partial charge in [0.05, 0.1) is 5.56 Å². The molecule has 0 atom stereocenters. The van der Waals surface area contributed by atoms with Crippen molar-refractivity contribution in [3.05, 3.63) is 35.1 Å². The van der Waals surface area contributed by atoms with E-state index in [1.807, 2.05) is 6.07 Å². The fraction of sp³-hybridized carbons (Fsp3) is 0.462. The molecule has 0 aromatic heterocycles. The van der Waals surface area contributed by atoms with Crippen LogP contribution in [0.3, 0.4) is 0 Å². The molecule has 1 aliphatic carbocycles. The third-order valence-corrected chi connectivity index (χ3v) is 3.33. The van der Waals surface area contributed by atoms with Crippen molar-refractivity contribution in [2.45, 2.75) is 38.3 Å². The van der Waals surface area contributed by atoms with Gasteiger partial charge in [0.2, 0.25) is 0 Å². The highest BCUT2D eigenvalue weighted by Crippen LogP contribution is 2.31. The van der Waals surface area contributed by atoms with Crippen LogP contribution in [0.2, 0.25) is 0 Å². The molecule has 1 aromatic rings. The summed E-state index contributed by atoms with van der Waals surface area (Å²) in [6.07, 6.45) is 3.66. The van der Waals surface area contributed by atoms with Gasteiger partial charge in [0, 0.05) is 12.1 Å². The zero-order valence-electron chi connectivity index (χ0n) is 9.39. The predicted molar refractivity (Wildman–Crippen MR) is 60.2 cm³/mol. The van der Waals surface area contributed by atoms with Gasteiger partial charge in [0.15, 0.2) is 0 Å². The maximum absolute atomic E-state index is 13.1. The monoisotopic (exact) mass is 218 g/mol. The van der Waals surface area contributed by atoms with Crippen LogP contribution in [-0.2, 0) is 6.54 Å². The van der Waals surface area contributed by atoms with Crippen LogP contribution in [0.1, 0.15) is 37.3 Å². The summed E-state index contributed by atoms with van der Waals surface area (Å²) in [7, 11) is 0. The standard InChI is InChI=1S/C13H15FN2/c1-13(5-2-6-13)16-9-10-3-4-12(14)11(7-10)8-15/h3-4,7,16H,2,5-6,9H2,1H3. The first-order valence-corrected chi connectivity index (χ1v) is 5.56. The second-order valence-corrected chi connectivity index (χ2v) is 4.69. The molecule has 0 unspecified atom stereocenters. The van der Waals surface area contributed by atoms with Crippen LogP contribution >= 0.6 is 0 Å². The number of hydrogen-bond acceptors (Lipinski definition) is 2. The Hall–Kier alpha value is -1.40. The van der Waals surface area contributed by atoms with Crippen LogP contribution < -0.4 is 5.32 Å². The molecule has 0 bridgehead atoms. The van der Waals surface area contributed by atoms with Gasteiger partial charge >= 0.3 is 0 Å². The third-order valence-electron chi connectivity index (χ3n) is 3.33. The highest BCUT2D eigenvalue weighted by atomic mass is 19.1. The fourth-order valence-electron chi connectivity index (χ4n) is 1.97. The normalized spacial score (nSPS) is 17.6. The Balaban J connectivity index is 2.02. The minimum atomic E-state index is -0.443. The average Bonchev–Trinajstić information content (AvgIpc) is 2.25. The van der Waals surface area contributed by atoms with Gasteiger partial charge in [-0.2, -0.15) is 5.26 Å². The van der Waals surface area contributed by atoms with E-state index in [2.05, 4.69) is 12.2 Å². The van der Waals surface area contributed by atoms with Crippen LogP contribution in [0.15, 0.2) is 18.2 Å². The van der Waals surface area contributed by atoms with Crippen LogP contribution in [0, 0.1) is 17.1 Å². The van der Waals surface area contributed by atoms with E-state index in [1.54, 1.807) is 12.1 Å². The number of nitriles is 1. The van der Waals surface area contributed by atoms with Crippen molar-refractivity contribution in [3.63, 3.8) is 0 Å². The number of hydrogen-bond donors (Lipinski definition) is 1. The Kier molecular flexibility index (Phi) is 2.93. The molecule has 1 fully saturated rings. The van der Waals surface area contributed by atoms with E-state index >= 15 is 0 Å². The van der Waals surface area contributed by atoms with Crippen molar-refractivity contribution in [3.8, 4) is 6.07 Å². The highest BCUT2D eigenvalue weighted by Gasteiger charge is 2.30. The molecule has 0 radical (unpaired) electrons. The van der Waals surface area contributed by atoms with Gasteiger partial charge < -0.3 is 5.32 Å². The molecule has 2 nitrogen and oxygen atoms in total. The minimum Gasteiger partial charge on any atom is -0.307 e. The smallest absolute Gasteiger partial charge is 0.140 e. The first-order valence-electron chi connectivity index (χ1n) is 5.56. The van der Waals surface area contributed by atoms with E-state index in [0.29, 0.717) is 6.54 Å². The van der Waals surface area contributed by atoms with E-state index in [4.69, 9.17) is 5.26 Å². The second kappa shape index (κ2) is 4.23. The lowest BCUT2D eigenvalue weighted by molar-refractivity contribution is 0.207. The Morgan fingerprint density at radius 3 is 2.81 bits per heavy atom. The van der Waals surface area contributed by atoms with Gasteiger partial charge in [-0.3, -0.25) is 0 Å². The van der Waals surface area contributed by atoms with Crippen molar-refractivity contribution < 1.29 is 4.39 Å². The topological polar surface area (TPSA) is 35.8 Å². The summed E-state index contributed by atoms with van der Waals surface area (Å²) in [5.41, 5.74) is 1.32. The SMILES string of the molecule is CC1(NCc2ccc(F)c(C#N)c2)CCC1. The van der Waals surface area contributed by atoms with Gasteiger partial charge in [-0.1, -0.05) is 6.07 Å². The second-order valence-electron chi connectivity index (χ2n) is 4.69. The summed E-state index contributed by atoms with van der Waals surface area (Å²) in [4.78, 5) is 0. The zero-order valence-corrected chi connectivity index (χ0v) is 9.39. The first kappa shape index (κ1) is 11.1. The molecule has 1 aliphatic rings. The molecule has 84 valence electrons. The van der Waals surface area contributed by atoms with E-state index < -0.39 is 5.82 Å². The molecular formula is C13H15FN2. The maximum atomic E-state index is 13.1. The zero-order chi connectivity index (χ0) is 11.6. The van der Waals surface area contributed by atoms with E-state index in [1.165, 1.54) is 25.3 Å². The van der Waals surface area contributed by atoms with E-state index in [0.717, 1.165) is 5.56 Å². The van der Waals surface area contributed by atoms with Gasteiger partial charge in [-0.05, 0) is 43.9 Å². The summed E-state index contributed by atoms with van der Waals surface area (Å²) in [5.74, 6) is -0.443. The molecular weight excluding hydrogens is 203 g/mol. The molecule has 0 amide bonds. The van der Waals surface area contributed by atoms with Gasteiger partial charge in [0.25, 0.3) is 0 Å². The summed E-state index contributed by atoms with van der Waals surface area (Å²) >= 11 is 0. The number of nitrogens with one attached hydrogen (secondary N) is 1. The number of halogens is 1. The highest BCUT2D eigenvalue weighted by molar-refractivity contribution is 5.34. The molecule has 0 aliphatic heterocycles. The number of benzene rings is 1. The summed E-state index contributed by atoms with van der Waals surface area (Å²) in [5, 5.41) is 12.2. The fourth-order valence-corrected chi connectivity index (χ4v) is 1.97. The van der Waals surface area contributed by atoms with Crippen LogP contribution in [0.4, 0.5) is 4.39 Å². The first-order chi connectivity index (χ1) is 7.63. The number of nitrogens with zero attached hydrogens (tertiary/aromatic N) is 1. The molecule has 1 saturated carbocycles. The summed E-state index contributed by atoms with van der Waals surface area (Å²) in [6.45, 7) is 2.90. The van der Waals surface area contributed by atoms with Crippen LogP contribution in [0.25, 0.3) is 0 Å². The van der Waals surface area contributed by atoms with Gasteiger partial charge in [-0.25, -0.2) is 4.39 Å². The molecule has 1 N–H and O–H groups in total.